The van der Waals surface area contributed by atoms with Gasteiger partial charge in [0.2, 0.25) is 0 Å². The van der Waals surface area contributed by atoms with Crippen LogP contribution in [0.4, 0.5) is 4.39 Å². The number of rotatable bonds is 4. The average molecular weight is 312 g/mol. The van der Waals surface area contributed by atoms with Gasteiger partial charge in [-0.05, 0) is 61.3 Å². The number of aryl methyl sites for hydroxylation is 1. The van der Waals surface area contributed by atoms with E-state index in [4.69, 9.17) is 23.2 Å². The lowest BCUT2D eigenvalue weighted by Crippen LogP contribution is -2.19. The molecule has 0 heterocycles. The third-order valence-electron chi connectivity index (χ3n) is 3.29. The zero-order chi connectivity index (χ0) is 14.7. The molecule has 0 spiro atoms. The molecule has 1 atom stereocenters. The first-order valence-corrected chi connectivity index (χ1v) is 7.14. The van der Waals surface area contributed by atoms with Gasteiger partial charge in [-0.1, -0.05) is 35.3 Å². The fourth-order valence-electron chi connectivity index (χ4n) is 2.28. The molecule has 4 heteroatoms. The van der Waals surface area contributed by atoms with Gasteiger partial charge in [-0.25, -0.2) is 4.39 Å². The van der Waals surface area contributed by atoms with E-state index < -0.39 is 0 Å². The van der Waals surface area contributed by atoms with Gasteiger partial charge in [-0.15, -0.1) is 0 Å². The Labute approximate surface area is 128 Å². The highest BCUT2D eigenvalue weighted by atomic mass is 35.5. The van der Waals surface area contributed by atoms with Crippen LogP contribution < -0.4 is 5.32 Å². The summed E-state index contributed by atoms with van der Waals surface area (Å²) in [7, 11) is 1.84. The highest BCUT2D eigenvalue weighted by Crippen LogP contribution is 2.29. The quantitative estimate of drug-likeness (QED) is 0.843. The molecule has 1 nitrogen and oxygen atoms in total. The van der Waals surface area contributed by atoms with Crippen LogP contribution >= 0.6 is 23.2 Å². The molecule has 0 amide bonds. The van der Waals surface area contributed by atoms with Gasteiger partial charge in [0.25, 0.3) is 0 Å². The lowest BCUT2D eigenvalue weighted by atomic mass is 9.97. The monoisotopic (exact) mass is 311 g/mol. The van der Waals surface area contributed by atoms with Crippen LogP contribution in [0.2, 0.25) is 10.0 Å². The molecule has 106 valence electrons. The summed E-state index contributed by atoms with van der Waals surface area (Å²) >= 11 is 12.4. The summed E-state index contributed by atoms with van der Waals surface area (Å²) in [6.07, 6.45) is 0.609. The minimum atomic E-state index is -0.231. The Morgan fingerprint density at radius 1 is 1.15 bits per heavy atom. The Morgan fingerprint density at radius 2 is 1.80 bits per heavy atom. The molecule has 0 aliphatic carbocycles. The second-order valence-corrected chi connectivity index (χ2v) is 5.62. The molecule has 0 fully saturated rings. The summed E-state index contributed by atoms with van der Waals surface area (Å²) < 4.78 is 13.5. The van der Waals surface area contributed by atoms with Crippen LogP contribution in [0.3, 0.4) is 0 Å². The van der Waals surface area contributed by atoms with Crippen molar-refractivity contribution in [1.29, 1.82) is 0 Å². The second-order valence-electron chi connectivity index (χ2n) is 4.81. The molecule has 0 aromatic heterocycles. The lowest BCUT2D eigenvalue weighted by molar-refractivity contribution is 0.576. The van der Waals surface area contributed by atoms with E-state index in [1.807, 2.05) is 38.2 Å². The van der Waals surface area contributed by atoms with E-state index in [0.29, 0.717) is 16.5 Å². The smallest absolute Gasteiger partial charge is 0.123 e. The topological polar surface area (TPSA) is 12.0 Å². The average Bonchev–Trinajstić information content (AvgIpc) is 2.37. The molecular formula is C16H16Cl2FN. The van der Waals surface area contributed by atoms with Crippen molar-refractivity contribution in [1.82, 2.24) is 5.32 Å². The van der Waals surface area contributed by atoms with Crippen molar-refractivity contribution in [3.63, 3.8) is 0 Å². The van der Waals surface area contributed by atoms with E-state index in [9.17, 15) is 4.39 Å². The molecule has 0 saturated carbocycles. The Bertz CT molecular complexity index is 573. The second kappa shape index (κ2) is 6.57. The van der Waals surface area contributed by atoms with Gasteiger partial charge >= 0.3 is 0 Å². The van der Waals surface area contributed by atoms with Gasteiger partial charge < -0.3 is 5.32 Å². The third kappa shape index (κ3) is 3.51. The predicted octanol–water partition coefficient (Wildman–Crippen LogP) is 4.94. The number of hydrogen-bond donors (Lipinski definition) is 1. The van der Waals surface area contributed by atoms with Gasteiger partial charge in [-0.3, -0.25) is 0 Å². The van der Waals surface area contributed by atoms with Gasteiger partial charge in [0.05, 0.1) is 0 Å². The molecular weight excluding hydrogens is 296 g/mol. The van der Waals surface area contributed by atoms with Crippen molar-refractivity contribution in [2.75, 3.05) is 7.05 Å². The first-order chi connectivity index (χ1) is 9.51. The summed E-state index contributed by atoms with van der Waals surface area (Å²) in [5, 5.41) is 4.45. The largest absolute Gasteiger partial charge is 0.313 e. The molecule has 0 aliphatic rings. The molecule has 1 unspecified atom stereocenters. The predicted molar refractivity (Wildman–Crippen MR) is 83.1 cm³/mol. The maximum Gasteiger partial charge on any atom is 0.123 e. The van der Waals surface area contributed by atoms with Crippen LogP contribution in [0.1, 0.15) is 22.7 Å². The molecule has 2 aromatic carbocycles. The molecule has 0 aliphatic heterocycles. The van der Waals surface area contributed by atoms with Crippen molar-refractivity contribution in [2.45, 2.75) is 19.4 Å². The van der Waals surface area contributed by atoms with Crippen molar-refractivity contribution in [3.8, 4) is 0 Å². The zero-order valence-electron chi connectivity index (χ0n) is 11.4. The number of halogens is 3. The summed E-state index contributed by atoms with van der Waals surface area (Å²) in [6, 6.07) is 10.4. The lowest BCUT2D eigenvalue weighted by Gasteiger charge is -2.19. The van der Waals surface area contributed by atoms with E-state index >= 15 is 0 Å². The van der Waals surface area contributed by atoms with E-state index in [1.54, 1.807) is 6.07 Å². The van der Waals surface area contributed by atoms with Gasteiger partial charge in [0.1, 0.15) is 5.82 Å². The Balaban J connectivity index is 2.33. The highest BCUT2D eigenvalue weighted by Gasteiger charge is 2.15. The maximum absolute atomic E-state index is 13.5. The third-order valence-corrected chi connectivity index (χ3v) is 3.99. The van der Waals surface area contributed by atoms with Gasteiger partial charge in [0, 0.05) is 16.1 Å². The molecule has 2 aromatic rings. The van der Waals surface area contributed by atoms with Crippen molar-refractivity contribution in [3.05, 3.63) is 69.0 Å². The van der Waals surface area contributed by atoms with E-state index in [0.717, 1.165) is 16.7 Å². The van der Waals surface area contributed by atoms with Gasteiger partial charge in [-0.2, -0.15) is 0 Å². The van der Waals surface area contributed by atoms with Crippen LogP contribution in [-0.2, 0) is 6.42 Å². The number of nitrogens with one attached hydrogen (secondary N) is 1. The Morgan fingerprint density at radius 3 is 2.35 bits per heavy atom. The minimum Gasteiger partial charge on any atom is -0.313 e. The first-order valence-electron chi connectivity index (χ1n) is 6.38. The SMILES string of the molecule is CNC(Cc1c(Cl)cccc1Cl)c1cc(C)cc(F)c1. The molecule has 2 rings (SSSR count). The van der Waals surface area contributed by atoms with Crippen LogP contribution in [0, 0.1) is 12.7 Å². The van der Waals surface area contributed by atoms with Gasteiger partial charge in [0.15, 0.2) is 0 Å². The molecule has 0 saturated heterocycles. The first kappa shape index (κ1) is 15.3. The van der Waals surface area contributed by atoms with E-state index in [-0.39, 0.29) is 11.9 Å². The number of hydrogen-bond acceptors (Lipinski definition) is 1. The summed E-state index contributed by atoms with van der Waals surface area (Å²) in [4.78, 5) is 0. The van der Waals surface area contributed by atoms with Crippen molar-refractivity contribution >= 4 is 23.2 Å². The van der Waals surface area contributed by atoms with Crippen LogP contribution in [0.5, 0.6) is 0 Å². The number of likely N-dealkylation sites (N-methyl/N-ethyl adjacent to an activating group) is 1. The molecule has 0 bridgehead atoms. The standard InChI is InChI=1S/C16H16Cl2FN/c1-10-6-11(8-12(19)7-10)16(20-2)9-13-14(17)4-3-5-15(13)18/h3-8,16,20H,9H2,1-2H3. The summed E-state index contributed by atoms with van der Waals surface area (Å²) in [5.74, 6) is -0.231. The fraction of sp³-hybridized carbons (Fsp3) is 0.250. The van der Waals surface area contributed by atoms with Crippen molar-refractivity contribution in [2.24, 2.45) is 0 Å². The van der Waals surface area contributed by atoms with Crippen molar-refractivity contribution < 1.29 is 4.39 Å². The van der Waals surface area contributed by atoms with Crippen LogP contribution in [0.15, 0.2) is 36.4 Å². The maximum atomic E-state index is 13.5. The minimum absolute atomic E-state index is 0.0400. The summed E-state index contributed by atoms with van der Waals surface area (Å²) in [5.41, 5.74) is 2.66. The Hall–Kier alpha value is -1.09. The van der Waals surface area contributed by atoms with Crippen LogP contribution in [0.25, 0.3) is 0 Å². The number of benzene rings is 2. The normalized spacial score (nSPS) is 12.4. The van der Waals surface area contributed by atoms with E-state index in [1.165, 1.54) is 6.07 Å². The molecule has 1 N–H and O–H groups in total. The highest BCUT2D eigenvalue weighted by molar-refractivity contribution is 6.36. The fourth-order valence-corrected chi connectivity index (χ4v) is 2.84. The molecule has 20 heavy (non-hydrogen) atoms. The molecule has 0 radical (unpaired) electrons. The summed E-state index contributed by atoms with van der Waals surface area (Å²) in [6.45, 7) is 1.88. The van der Waals surface area contributed by atoms with E-state index in [2.05, 4.69) is 5.32 Å². The Kier molecular flexibility index (Phi) is 5.03. The zero-order valence-corrected chi connectivity index (χ0v) is 12.9. The van der Waals surface area contributed by atoms with Crippen LogP contribution in [-0.4, -0.2) is 7.05 Å².